The van der Waals surface area contributed by atoms with Crippen LogP contribution < -0.4 is 5.32 Å². The Morgan fingerprint density at radius 1 is 1.30 bits per heavy atom. The molecule has 1 nitrogen and oxygen atoms in total. The van der Waals surface area contributed by atoms with E-state index in [-0.39, 0.29) is 0 Å². The van der Waals surface area contributed by atoms with Crippen molar-refractivity contribution in [1.82, 2.24) is 5.32 Å². The number of rotatable bonds is 6. The van der Waals surface area contributed by atoms with Gasteiger partial charge in [0.05, 0.1) is 0 Å². The molecule has 1 fully saturated rings. The van der Waals surface area contributed by atoms with Crippen LogP contribution in [0.4, 0.5) is 0 Å². The SMILES string of the molecule is CCCNC(Cc1cc(C)ccc1C)C1CCCCS1. The van der Waals surface area contributed by atoms with E-state index in [0.29, 0.717) is 6.04 Å². The number of hydrogen-bond donors (Lipinski definition) is 1. The molecule has 0 aliphatic carbocycles. The third-order valence-electron chi connectivity index (χ3n) is 4.26. The van der Waals surface area contributed by atoms with Crippen LogP contribution in [-0.4, -0.2) is 23.6 Å². The molecule has 1 saturated heterocycles. The first-order valence-electron chi connectivity index (χ1n) is 8.12. The van der Waals surface area contributed by atoms with Crippen molar-refractivity contribution in [2.45, 2.75) is 64.2 Å². The molecule has 0 bridgehead atoms. The Hall–Kier alpha value is -0.470. The Morgan fingerprint density at radius 3 is 2.85 bits per heavy atom. The second-order valence-corrected chi connectivity index (χ2v) is 7.45. The van der Waals surface area contributed by atoms with E-state index in [9.17, 15) is 0 Å². The standard InChI is InChI=1S/C18H29NS/c1-4-10-19-17(18-7-5-6-11-20-18)13-16-12-14(2)8-9-15(16)3/h8-9,12,17-19H,4-7,10-11,13H2,1-3H3. The van der Waals surface area contributed by atoms with Gasteiger partial charge in [-0.25, -0.2) is 0 Å². The molecule has 2 heteroatoms. The zero-order chi connectivity index (χ0) is 14.4. The molecule has 0 radical (unpaired) electrons. The summed E-state index contributed by atoms with van der Waals surface area (Å²) in [7, 11) is 0. The van der Waals surface area contributed by atoms with Crippen molar-refractivity contribution in [3.63, 3.8) is 0 Å². The lowest BCUT2D eigenvalue weighted by Crippen LogP contribution is -2.41. The highest BCUT2D eigenvalue weighted by molar-refractivity contribution is 8.00. The second-order valence-electron chi connectivity index (χ2n) is 6.10. The molecule has 0 aromatic heterocycles. The minimum atomic E-state index is 0.640. The van der Waals surface area contributed by atoms with Crippen LogP contribution in [0.15, 0.2) is 18.2 Å². The molecule has 1 N–H and O–H groups in total. The van der Waals surface area contributed by atoms with Gasteiger partial charge in [-0.15, -0.1) is 0 Å². The van der Waals surface area contributed by atoms with E-state index >= 15 is 0 Å². The van der Waals surface area contributed by atoms with E-state index < -0.39 is 0 Å². The van der Waals surface area contributed by atoms with Crippen molar-refractivity contribution in [2.75, 3.05) is 12.3 Å². The zero-order valence-corrected chi connectivity index (χ0v) is 14.1. The molecule has 1 aliphatic heterocycles. The summed E-state index contributed by atoms with van der Waals surface area (Å²) in [5.74, 6) is 1.35. The Labute approximate surface area is 128 Å². The lowest BCUT2D eigenvalue weighted by molar-refractivity contribution is 0.460. The van der Waals surface area contributed by atoms with Crippen LogP contribution >= 0.6 is 11.8 Å². The van der Waals surface area contributed by atoms with E-state index in [1.165, 1.54) is 54.5 Å². The number of benzene rings is 1. The molecule has 1 aromatic carbocycles. The lowest BCUT2D eigenvalue weighted by atomic mass is 9.95. The van der Waals surface area contributed by atoms with Gasteiger partial charge in [-0.3, -0.25) is 0 Å². The van der Waals surface area contributed by atoms with E-state index in [0.717, 1.165) is 11.8 Å². The molecular formula is C18H29NS. The molecule has 2 rings (SSSR count). The Kier molecular flexibility index (Phi) is 6.44. The summed E-state index contributed by atoms with van der Waals surface area (Å²) in [4.78, 5) is 0. The van der Waals surface area contributed by atoms with Gasteiger partial charge in [0.25, 0.3) is 0 Å². The van der Waals surface area contributed by atoms with Gasteiger partial charge in [-0.2, -0.15) is 11.8 Å². The first kappa shape index (κ1) is 15.9. The summed E-state index contributed by atoms with van der Waals surface area (Å²) in [6.07, 6.45) is 6.61. The topological polar surface area (TPSA) is 12.0 Å². The molecule has 20 heavy (non-hydrogen) atoms. The maximum Gasteiger partial charge on any atom is 0.0227 e. The average Bonchev–Trinajstić information content (AvgIpc) is 2.48. The van der Waals surface area contributed by atoms with Crippen molar-refractivity contribution < 1.29 is 0 Å². The fourth-order valence-corrected chi connectivity index (χ4v) is 4.44. The molecule has 0 amide bonds. The molecule has 1 heterocycles. The number of hydrogen-bond acceptors (Lipinski definition) is 2. The molecule has 2 unspecified atom stereocenters. The minimum Gasteiger partial charge on any atom is -0.313 e. The summed E-state index contributed by atoms with van der Waals surface area (Å²) < 4.78 is 0. The van der Waals surface area contributed by atoms with Crippen LogP contribution in [0.1, 0.15) is 49.3 Å². The third-order valence-corrected chi connectivity index (χ3v) is 5.78. The largest absolute Gasteiger partial charge is 0.313 e. The molecule has 1 aliphatic rings. The Morgan fingerprint density at radius 2 is 2.15 bits per heavy atom. The van der Waals surface area contributed by atoms with Crippen molar-refractivity contribution in [3.05, 3.63) is 34.9 Å². The van der Waals surface area contributed by atoms with E-state index in [1.54, 1.807) is 0 Å². The maximum absolute atomic E-state index is 3.81. The fourth-order valence-electron chi connectivity index (χ4n) is 3.00. The van der Waals surface area contributed by atoms with Crippen LogP contribution in [0, 0.1) is 13.8 Å². The van der Waals surface area contributed by atoms with E-state index in [4.69, 9.17) is 0 Å². The highest BCUT2D eigenvalue weighted by atomic mass is 32.2. The first-order valence-corrected chi connectivity index (χ1v) is 9.16. The molecule has 0 saturated carbocycles. The van der Waals surface area contributed by atoms with Crippen LogP contribution in [0.3, 0.4) is 0 Å². The number of nitrogens with one attached hydrogen (secondary N) is 1. The lowest BCUT2D eigenvalue weighted by Gasteiger charge is -2.31. The molecule has 0 spiro atoms. The van der Waals surface area contributed by atoms with Crippen molar-refractivity contribution in [3.8, 4) is 0 Å². The van der Waals surface area contributed by atoms with Gasteiger partial charge in [0.1, 0.15) is 0 Å². The summed E-state index contributed by atoms with van der Waals surface area (Å²) in [5.41, 5.74) is 4.36. The van der Waals surface area contributed by atoms with Gasteiger partial charge in [0.15, 0.2) is 0 Å². The summed E-state index contributed by atoms with van der Waals surface area (Å²) in [6.45, 7) is 7.86. The predicted molar refractivity (Wildman–Crippen MR) is 91.8 cm³/mol. The Balaban J connectivity index is 2.07. The minimum absolute atomic E-state index is 0.640. The monoisotopic (exact) mass is 291 g/mol. The number of thioether (sulfide) groups is 1. The average molecular weight is 292 g/mol. The quantitative estimate of drug-likeness (QED) is 0.828. The smallest absolute Gasteiger partial charge is 0.0227 e. The molecule has 112 valence electrons. The number of aryl methyl sites for hydroxylation is 2. The maximum atomic E-state index is 3.81. The molecule has 2 atom stereocenters. The van der Waals surface area contributed by atoms with Gasteiger partial charge in [-0.1, -0.05) is 37.1 Å². The molecule has 1 aromatic rings. The van der Waals surface area contributed by atoms with Crippen molar-refractivity contribution in [1.29, 1.82) is 0 Å². The summed E-state index contributed by atoms with van der Waals surface area (Å²) in [5, 5.41) is 4.61. The van der Waals surface area contributed by atoms with Crippen LogP contribution in [0.2, 0.25) is 0 Å². The Bertz CT molecular complexity index is 410. The van der Waals surface area contributed by atoms with Gasteiger partial charge in [0, 0.05) is 11.3 Å². The van der Waals surface area contributed by atoms with Gasteiger partial charge in [0.2, 0.25) is 0 Å². The van der Waals surface area contributed by atoms with Gasteiger partial charge < -0.3 is 5.32 Å². The first-order chi connectivity index (χ1) is 9.70. The fraction of sp³-hybridized carbons (Fsp3) is 0.667. The van der Waals surface area contributed by atoms with Gasteiger partial charge >= 0.3 is 0 Å². The second kappa shape index (κ2) is 8.09. The third kappa shape index (κ3) is 4.53. The van der Waals surface area contributed by atoms with Crippen molar-refractivity contribution >= 4 is 11.8 Å². The highest BCUT2D eigenvalue weighted by Gasteiger charge is 2.24. The van der Waals surface area contributed by atoms with Gasteiger partial charge in [-0.05, 0) is 63.0 Å². The van der Waals surface area contributed by atoms with Crippen LogP contribution in [0.5, 0.6) is 0 Å². The van der Waals surface area contributed by atoms with Crippen LogP contribution in [-0.2, 0) is 6.42 Å². The normalized spacial score (nSPS) is 20.9. The van der Waals surface area contributed by atoms with Crippen molar-refractivity contribution in [2.24, 2.45) is 0 Å². The predicted octanol–water partition coefficient (Wildman–Crippen LogP) is 4.50. The molecular weight excluding hydrogens is 262 g/mol. The highest BCUT2D eigenvalue weighted by Crippen LogP contribution is 2.29. The summed E-state index contributed by atoms with van der Waals surface area (Å²) >= 11 is 2.19. The summed E-state index contributed by atoms with van der Waals surface area (Å²) in [6, 6.07) is 7.52. The van der Waals surface area contributed by atoms with E-state index in [1.807, 2.05) is 0 Å². The zero-order valence-electron chi connectivity index (χ0n) is 13.2. The van der Waals surface area contributed by atoms with E-state index in [2.05, 4.69) is 56.0 Å². The van der Waals surface area contributed by atoms with Crippen LogP contribution in [0.25, 0.3) is 0 Å².